The van der Waals surface area contributed by atoms with Crippen LogP contribution in [-0.2, 0) is 16.1 Å². The summed E-state index contributed by atoms with van der Waals surface area (Å²) in [4.78, 5) is 35.7. The molecule has 2 amide bonds. The molecule has 7 heteroatoms. The highest BCUT2D eigenvalue weighted by Crippen LogP contribution is 2.07. The van der Waals surface area contributed by atoms with Crippen LogP contribution in [0.1, 0.15) is 33.2 Å². The standard InChI is InChI=1S/C18H18N2O5/c1-12(25-18(24)15-9-7-13(11-21)8-10-15)16(22)19-20-17(23)14-5-3-2-4-6-14/h2-10,12,21H,11H2,1H3,(H,19,22)(H,20,23)/t12-/m0/s1. The minimum atomic E-state index is -1.10. The highest BCUT2D eigenvalue weighted by Gasteiger charge is 2.19. The van der Waals surface area contributed by atoms with Gasteiger partial charge in [-0.05, 0) is 36.8 Å². The molecule has 2 rings (SSSR count). The van der Waals surface area contributed by atoms with E-state index in [-0.39, 0.29) is 12.2 Å². The number of hydrogen-bond acceptors (Lipinski definition) is 5. The molecule has 0 aliphatic rings. The maximum absolute atomic E-state index is 12.0. The monoisotopic (exact) mass is 342 g/mol. The molecule has 2 aromatic rings. The zero-order chi connectivity index (χ0) is 18.2. The van der Waals surface area contributed by atoms with Crippen LogP contribution in [-0.4, -0.2) is 29.0 Å². The number of hydrogen-bond donors (Lipinski definition) is 3. The number of carbonyl (C=O) groups is 3. The van der Waals surface area contributed by atoms with E-state index in [0.717, 1.165) is 0 Å². The summed E-state index contributed by atoms with van der Waals surface area (Å²) in [7, 11) is 0. The van der Waals surface area contributed by atoms with Crippen LogP contribution in [0, 0.1) is 0 Å². The molecule has 0 heterocycles. The van der Waals surface area contributed by atoms with Gasteiger partial charge in [-0.1, -0.05) is 30.3 Å². The number of rotatable bonds is 5. The predicted molar refractivity (Wildman–Crippen MR) is 89.3 cm³/mol. The van der Waals surface area contributed by atoms with Crippen molar-refractivity contribution in [2.45, 2.75) is 19.6 Å². The molecule has 1 atom stereocenters. The second-order valence-electron chi connectivity index (χ2n) is 5.21. The largest absolute Gasteiger partial charge is 0.449 e. The van der Waals surface area contributed by atoms with Gasteiger partial charge < -0.3 is 9.84 Å². The Bertz CT molecular complexity index is 744. The molecule has 0 unspecified atom stereocenters. The average molecular weight is 342 g/mol. The number of nitrogens with one attached hydrogen (secondary N) is 2. The minimum absolute atomic E-state index is 0.130. The van der Waals surface area contributed by atoms with Crippen molar-refractivity contribution in [2.75, 3.05) is 0 Å². The summed E-state index contributed by atoms with van der Waals surface area (Å²) < 4.78 is 5.04. The quantitative estimate of drug-likeness (QED) is 0.559. The molecule has 0 saturated carbocycles. The molecule has 0 bridgehead atoms. The van der Waals surface area contributed by atoms with Crippen molar-refractivity contribution in [3.63, 3.8) is 0 Å². The van der Waals surface area contributed by atoms with Crippen LogP contribution in [0.25, 0.3) is 0 Å². The van der Waals surface area contributed by atoms with Gasteiger partial charge in [0.05, 0.1) is 12.2 Å². The van der Waals surface area contributed by atoms with Crippen molar-refractivity contribution in [3.05, 3.63) is 71.3 Å². The van der Waals surface area contributed by atoms with E-state index in [1.165, 1.54) is 19.1 Å². The summed E-state index contributed by atoms with van der Waals surface area (Å²) in [6.07, 6.45) is -1.10. The van der Waals surface area contributed by atoms with Crippen LogP contribution in [0.3, 0.4) is 0 Å². The fourth-order valence-corrected chi connectivity index (χ4v) is 1.91. The van der Waals surface area contributed by atoms with Crippen LogP contribution in [0.4, 0.5) is 0 Å². The summed E-state index contributed by atoms with van der Waals surface area (Å²) >= 11 is 0. The Balaban J connectivity index is 1.84. The molecule has 0 aliphatic carbocycles. The number of benzene rings is 2. The third-order valence-electron chi connectivity index (χ3n) is 3.36. The zero-order valence-corrected chi connectivity index (χ0v) is 13.6. The van der Waals surface area contributed by atoms with Crippen LogP contribution in [0.2, 0.25) is 0 Å². The van der Waals surface area contributed by atoms with E-state index in [9.17, 15) is 14.4 Å². The van der Waals surface area contributed by atoms with Crippen molar-refractivity contribution in [1.29, 1.82) is 0 Å². The second kappa shape index (κ2) is 8.60. The third kappa shape index (κ3) is 5.15. The smallest absolute Gasteiger partial charge is 0.338 e. The van der Waals surface area contributed by atoms with Crippen LogP contribution in [0.15, 0.2) is 54.6 Å². The van der Waals surface area contributed by atoms with Crippen LogP contribution < -0.4 is 10.9 Å². The fraction of sp³-hybridized carbons (Fsp3) is 0.167. The lowest BCUT2D eigenvalue weighted by Gasteiger charge is -2.14. The number of hydrazine groups is 1. The Morgan fingerprint density at radius 1 is 0.960 bits per heavy atom. The van der Waals surface area contributed by atoms with E-state index in [2.05, 4.69) is 10.9 Å². The first-order valence-corrected chi connectivity index (χ1v) is 7.57. The number of aliphatic hydroxyl groups is 1. The first-order valence-electron chi connectivity index (χ1n) is 7.57. The maximum Gasteiger partial charge on any atom is 0.338 e. The normalized spacial score (nSPS) is 11.3. The van der Waals surface area contributed by atoms with Gasteiger partial charge in [0.25, 0.3) is 11.8 Å². The van der Waals surface area contributed by atoms with E-state index in [1.807, 2.05) is 0 Å². The molecule has 0 fully saturated rings. The molecule has 25 heavy (non-hydrogen) atoms. The molecule has 0 aromatic heterocycles. The van der Waals surface area contributed by atoms with Gasteiger partial charge in [-0.3, -0.25) is 20.4 Å². The van der Waals surface area contributed by atoms with Gasteiger partial charge in [0.15, 0.2) is 6.10 Å². The highest BCUT2D eigenvalue weighted by atomic mass is 16.5. The van der Waals surface area contributed by atoms with Crippen molar-refractivity contribution in [3.8, 4) is 0 Å². The van der Waals surface area contributed by atoms with E-state index in [4.69, 9.17) is 9.84 Å². The van der Waals surface area contributed by atoms with E-state index >= 15 is 0 Å². The Kier molecular flexibility index (Phi) is 6.25. The van der Waals surface area contributed by atoms with E-state index in [0.29, 0.717) is 11.1 Å². The van der Waals surface area contributed by atoms with E-state index in [1.54, 1.807) is 42.5 Å². The van der Waals surface area contributed by atoms with Crippen LogP contribution >= 0.6 is 0 Å². The second-order valence-corrected chi connectivity index (χ2v) is 5.21. The zero-order valence-electron chi connectivity index (χ0n) is 13.6. The Morgan fingerprint density at radius 2 is 1.60 bits per heavy atom. The summed E-state index contributed by atoms with van der Waals surface area (Å²) in [5.41, 5.74) is 5.76. The number of aliphatic hydroxyl groups excluding tert-OH is 1. The molecule has 7 nitrogen and oxygen atoms in total. The Morgan fingerprint density at radius 3 is 2.20 bits per heavy atom. The Hall–Kier alpha value is -3.19. The van der Waals surface area contributed by atoms with Gasteiger partial charge in [0, 0.05) is 5.56 Å². The van der Waals surface area contributed by atoms with Gasteiger partial charge in [0.2, 0.25) is 0 Å². The van der Waals surface area contributed by atoms with Gasteiger partial charge >= 0.3 is 5.97 Å². The topological polar surface area (TPSA) is 105 Å². The van der Waals surface area contributed by atoms with Crippen LogP contribution in [0.5, 0.6) is 0 Å². The molecule has 0 saturated heterocycles. The molecule has 0 spiro atoms. The maximum atomic E-state index is 12.0. The van der Waals surface area contributed by atoms with Crippen molar-refractivity contribution in [2.24, 2.45) is 0 Å². The average Bonchev–Trinajstić information content (AvgIpc) is 2.66. The molecule has 3 N–H and O–H groups in total. The van der Waals surface area contributed by atoms with Crippen molar-refractivity contribution >= 4 is 17.8 Å². The molecular formula is C18H18N2O5. The van der Waals surface area contributed by atoms with Gasteiger partial charge in [0.1, 0.15) is 0 Å². The van der Waals surface area contributed by atoms with Gasteiger partial charge in [-0.25, -0.2) is 4.79 Å². The molecule has 0 radical (unpaired) electrons. The van der Waals surface area contributed by atoms with Gasteiger partial charge in [-0.2, -0.15) is 0 Å². The summed E-state index contributed by atoms with van der Waals surface area (Å²) in [6, 6.07) is 14.5. The minimum Gasteiger partial charge on any atom is -0.449 e. The van der Waals surface area contributed by atoms with Crippen molar-refractivity contribution < 1.29 is 24.2 Å². The van der Waals surface area contributed by atoms with E-state index < -0.39 is 23.9 Å². The summed E-state index contributed by atoms with van der Waals surface area (Å²) in [6.45, 7) is 1.26. The number of amides is 2. The molecular weight excluding hydrogens is 324 g/mol. The molecule has 130 valence electrons. The SMILES string of the molecule is C[C@H](OC(=O)c1ccc(CO)cc1)C(=O)NNC(=O)c1ccccc1. The molecule has 0 aliphatic heterocycles. The molecule has 2 aromatic carbocycles. The number of ether oxygens (including phenoxy) is 1. The number of esters is 1. The highest BCUT2D eigenvalue weighted by molar-refractivity contribution is 5.96. The lowest BCUT2D eigenvalue weighted by atomic mass is 10.1. The first-order chi connectivity index (χ1) is 12.0. The lowest BCUT2D eigenvalue weighted by Crippen LogP contribution is -2.46. The Labute approximate surface area is 144 Å². The van der Waals surface area contributed by atoms with Gasteiger partial charge in [-0.15, -0.1) is 0 Å². The predicted octanol–water partition coefficient (Wildman–Crippen LogP) is 1.19. The fourth-order valence-electron chi connectivity index (χ4n) is 1.91. The summed E-state index contributed by atoms with van der Waals surface area (Å²) in [5.74, 6) is -1.82. The first kappa shape index (κ1) is 18.2. The summed E-state index contributed by atoms with van der Waals surface area (Å²) in [5, 5.41) is 8.97. The number of carbonyl (C=O) groups excluding carboxylic acids is 3. The lowest BCUT2D eigenvalue weighted by molar-refractivity contribution is -0.129. The van der Waals surface area contributed by atoms with Crippen molar-refractivity contribution in [1.82, 2.24) is 10.9 Å². The third-order valence-corrected chi connectivity index (χ3v) is 3.36.